The quantitative estimate of drug-likeness (QED) is 0.576. The number of quaternary nitrogens is 1. The molecule has 1 N–H and O–H groups in total. The van der Waals surface area contributed by atoms with Gasteiger partial charge in [0.05, 0.1) is 51.2 Å². The van der Waals surface area contributed by atoms with E-state index in [1.165, 1.54) is 30.4 Å². The Bertz CT molecular complexity index is 857. The van der Waals surface area contributed by atoms with Gasteiger partial charge in [0.25, 0.3) is 5.91 Å². The first-order valence-electron chi connectivity index (χ1n) is 12.0. The minimum atomic E-state index is -0.0389. The lowest BCUT2D eigenvalue weighted by Gasteiger charge is -2.51. The van der Waals surface area contributed by atoms with Gasteiger partial charge in [0.15, 0.2) is 5.76 Å². The smallest absolute Gasteiger partial charge is 0.315 e. The second-order valence-corrected chi connectivity index (χ2v) is 10.8. The Morgan fingerprint density at radius 1 is 1.29 bits per heavy atom. The van der Waals surface area contributed by atoms with Crippen LogP contribution >= 0.6 is 0 Å². The number of piperazine rings is 1. The van der Waals surface area contributed by atoms with Gasteiger partial charge in [0.1, 0.15) is 12.0 Å². The Kier molecular flexibility index (Phi) is 4.52. The van der Waals surface area contributed by atoms with E-state index in [-0.39, 0.29) is 34.9 Å². The molecule has 168 valence electrons. The minimum absolute atomic E-state index is 0.00426. The average Bonchev–Trinajstić information content (AvgIpc) is 3.19. The molecule has 1 amide bonds. The molecule has 7 heteroatoms. The topological polar surface area (TPSA) is 76.7 Å². The Labute approximate surface area is 183 Å². The zero-order valence-corrected chi connectivity index (χ0v) is 18.3. The number of nitrogens with one attached hydrogen (secondary N) is 1. The lowest BCUT2D eigenvalue weighted by atomic mass is 9.53. The van der Waals surface area contributed by atoms with Crippen molar-refractivity contribution in [3.8, 4) is 0 Å². The number of nitrogens with zero attached hydrogens (tertiary/aromatic N) is 1. The van der Waals surface area contributed by atoms with Crippen LogP contribution in [0.4, 0.5) is 0 Å². The molecule has 0 radical (unpaired) electrons. The van der Waals surface area contributed by atoms with Crippen LogP contribution in [0.3, 0.4) is 0 Å². The Balaban J connectivity index is 1.11. The molecule has 0 aromatic carbocycles. The number of ether oxygens (including phenoxy) is 2. The van der Waals surface area contributed by atoms with Crippen LogP contribution in [-0.2, 0) is 14.3 Å². The first kappa shape index (κ1) is 19.8. The lowest BCUT2D eigenvalue weighted by molar-refractivity contribution is -0.906. The van der Waals surface area contributed by atoms with E-state index in [1.807, 2.05) is 4.90 Å². The zero-order valence-electron chi connectivity index (χ0n) is 18.3. The fourth-order valence-electron chi connectivity index (χ4n) is 7.29. The highest BCUT2D eigenvalue weighted by Crippen LogP contribution is 2.62. The van der Waals surface area contributed by atoms with Crippen LogP contribution in [0.2, 0.25) is 0 Å². The molecule has 1 aromatic rings. The molecule has 0 bridgehead atoms. The summed E-state index contributed by atoms with van der Waals surface area (Å²) >= 11 is 0. The molecule has 2 aliphatic carbocycles. The van der Waals surface area contributed by atoms with Gasteiger partial charge in [-0.3, -0.25) is 9.59 Å². The highest BCUT2D eigenvalue weighted by atomic mass is 16.6. The van der Waals surface area contributed by atoms with Crippen molar-refractivity contribution in [3.63, 3.8) is 0 Å². The maximum Gasteiger partial charge on any atom is 0.315 e. The number of esters is 1. The molecule has 1 spiro atoms. The highest BCUT2D eigenvalue weighted by Gasteiger charge is 2.65. The van der Waals surface area contributed by atoms with Gasteiger partial charge in [0.2, 0.25) is 0 Å². The molecule has 3 aliphatic heterocycles. The fraction of sp³-hybridized carbons (Fsp3) is 0.750. The Morgan fingerprint density at radius 2 is 2.10 bits per heavy atom. The van der Waals surface area contributed by atoms with Gasteiger partial charge in [-0.15, -0.1) is 0 Å². The first-order valence-corrected chi connectivity index (χ1v) is 12.0. The molecule has 5 aliphatic rings. The molecular weight excluding hydrogens is 396 g/mol. The molecular formula is C24H33N2O5+. The fourth-order valence-corrected chi connectivity index (χ4v) is 7.29. The van der Waals surface area contributed by atoms with Crippen LogP contribution in [-0.4, -0.2) is 67.8 Å². The average molecular weight is 430 g/mol. The number of carbonyl (C=O) groups excluding carboxylic acids is 2. The number of epoxide rings is 1. The number of furan rings is 1. The van der Waals surface area contributed by atoms with Gasteiger partial charge in [-0.2, -0.15) is 0 Å². The van der Waals surface area contributed by atoms with Crippen LogP contribution in [0.1, 0.15) is 49.6 Å². The number of amides is 1. The second kappa shape index (κ2) is 7.07. The third kappa shape index (κ3) is 3.23. The summed E-state index contributed by atoms with van der Waals surface area (Å²) in [6.07, 6.45) is 7.31. The van der Waals surface area contributed by atoms with E-state index in [1.54, 1.807) is 12.1 Å². The lowest BCUT2D eigenvalue weighted by Crippen LogP contribution is -3.15. The van der Waals surface area contributed by atoms with Crippen molar-refractivity contribution in [2.45, 2.75) is 50.7 Å². The highest BCUT2D eigenvalue weighted by molar-refractivity contribution is 5.91. The van der Waals surface area contributed by atoms with Crippen LogP contribution in [0.5, 0.6) is 0 Å². The van der Waals surface area contributed by atoms with Crippen molar-refractivity contribution in [2.24, 2.45) is 23.2 Å². The van der Waals surface area contributed by atoms with Crippen LogP contribution in [0.15, 0.2) is 22.8 Å². The van der Waals surface area contributed by atoms with Crippen molar-refractivity contribution < 1.29 is 28.4 Å². The monoisotopic (exact) mass is 429 g/mol. The zero-order chi connectivity index (χ0) is 21.2. The summed E-state index contributed by atoms with van der Waals surface area (Å²) in [5.74, 6) is 1.23. The van der Waals surface area contributed by atoms with E-state index >= 15 is 0 Å². The summed E-state index contributed by atoms with van der Waals surface area (Å²) in [4.78, 5) is 28.7. The number of carbonyl (C=O) groups is 2. The van der Waals surface area contributed by atoms with Crippen molar-refractivity contribution in [2.75, 3.05) is 39.3 Å². The van der Waals surface area contributed by atoms with Crippen LogP contribution in [0.25, 0.3) is 0 Å². The third-order valence-corrected chi connectivity index (χ3v) is 9.08. The molecule has 0 unspecified atom stereocenters. The minimum Gasteiger partial charge on any atom is -0.462 e. The third-order valence-electron chi connectivity index (χ3n) is 9.08. The van der Waals surface area contributed by atoms with Gasteiger partial charge < -0.3 is 23.7 Å². The predicted octanol–water partition coefficient (Wildman–Crippen LogP) is 1.15. The predicted molar refractivity (Wildman–Crippen MR) is 110 cm³/mol. The van der Waals surface area contributed by atoms with Gasteiger partial charge in [-0.25, -0.2) is 0 Å². The van der Waals surface area contributed by atoms with Crippen LogP contribution < -0.4 is 4.90 Å². The normalized spacial score (nSPS) is 42.2. The summed E-state index contributed by atoms with van der Waals surface area (Å²) in [6, 6.07) is 3.46. The maximum absolute atomic E-state index is 12.9. The van der Waals surface area contributed by atoms with E-state index in [0.717, 1.165) is 39.1 Å². The first-order chi connectivity index (χ1) is 15.0. The maximum atomic E-state index is 12.9. The van der Waals surface area contributed by atoms with Gasteiger partial charge in [0, 0.05) is 5.92 Å². The Morgan fingerprint density at radius 3 is 2.81 bits per heavy atom. The standard InChI is InChI=1S/C24H32N2O5/c1-23-5-3-6-24(15-30-24)20(23)12-16-17(22(28)31-19(16)13-23)14-25-7-9-26(10-8-25)21(27)18-4-2-11-29-18/h2,4,11,16-17,19-20H,3,5-10,12-15H2,1H3/p+1/t16-,17-,19-,20-,23-,24+/m1/s1. The molecule has 6 atom stereocenters. The van der Waals surface area contributed by atoms with E-state index in [2.05, 4.69) is 6.92 Å². The molecule has 6 rings (SSSR count). The van der Waals surface area contributed by atoms with Gasteiger partial charge in [-0.05, 0) is 55.6 Å². The van der Waals surface area contributed by atoms with E-state index in [4.69, 9.17) is 13.9 Å². The number of rotatable bonds is 3. The largest absolute Gasteiger partial charge is 0.462 e. The molecule has 1 aromatic heterocycles. The van der Waals surface area contributed by atoms with Crippen LogP contribution in [0, 0.1) is 23.2 Å². The molecule has 4 heterocycles. The van der Waals surface area contributed by atoms with Crippen molar-refractivity contribution in [1.29, 1.82) is 0 Å². The summed E-state index contributed by atoms with van der Waals surface area (Å²) in [7, 11) is 0. The van der Waals surface area contributed by atoms with Crippen molar-refractivity contribution in [1.82, 2.24) is 4.90 Å². The SMILES string of the molecule is C[C@]12CCC[C@]3(CO3)[C@@H]1C[C@H]1[C@@H](C2)OC(=O)[C@@H]1C[NH+]1CCN(C(=O)c2ccco2)CC1. The number of hydrogen-bond donors (Lipinski definition) is 1. The van der Waals surface area contributed by atoms with Crippen molar-refractivity contribution >= 4 is 11.9 Å². The van der Waals surface area contributed by atoms with E-state index in [9.17, 15) is 9.59 Å². The summed E-state index contributed by atoms with van der Waals surface area (Å²) in [6.45, 7) is 7.24. The molecule has 5 fully saturated rings. The van der Waals surface area contributed by atoms with Gasteiger partial charge >= 0.3 is 5.97 Å². The molecule has 2 saturated carbocycles. The summed E-state index contributed by atoms with van der Waals surface area (Å²) in [5, 5.41) is 0. The summed E-state index contributed by atoms with van der Waals surface area (Å²) in [5.41, 5.74) is 0.342. The van der Waals surface area contributed by atoms with E-state index in [0.29, 0.717) is 30.7 Å². The van der Waals surface area contributed by atoms with Gasteiger partial charge in [-0.1, -0.05) is 6.92 Å². The van der Waals surface area contributed by atoms with Crippen molar-refractivity contribution in [3.05, 3.63) is 24.2 Å². The summed E-state index contributed by atoms with van der Waals surface area (Å²) < 4.78 is 17.2. The molecule has 7 nitrogen and oxygen atoms in total. The second-order valence-electron chi connectivity index (χ2n) is 10.8. The van der Waals surface area contributed by atoms with E-state index < -0.39 is 0 Å². The number of fused-ring (bicyclic) bond motifs is 3. The molecule has 31 heavy (non-hydrogen) atoms. The Hall–Kier alpha value is -1.86. The number of hydrogen-bond acceptors (Lipinski definition) is 5. The molecule has 3 saturated heterocycles.